The Morgan fingerprint density at radius 2 is 2.57 bits per heavy atom. The highest BCUT2D eigenvalue weighted by Crippen LogP contribution is 1.77. The van der Waals surface area contributed by atoms with Crippen LogP contribution in [0.25, 0.3) is 0 Å². The van der Waals surface area contributed by atoms with Gasteiger partial charge >= 0.3 is 0 Å². The third-order valence-electron chi connectivity index (χ3n) is 0.613. The van der Waals surface area contributed by atoms with Crippen LogP contribution in [0.1, 0.15) is 0 Å². The fourth-order valence-electron chi connectivity index (χ4n) is 0.342. The summed E-state index contributed by atoms with van der Waals surface area (Å²) in [5.74, 6) is -0.315. The maximum atomic E-state index is 10.0. The first-order valence-electron chi connectivity index (χ1n) is 1.80. The summed E-state index contributed by atoms with van der Waals surface area (Å²) in [6.45, 7) is -0.00116. The average molecular weight is 99.1 g/mol. The molecule has 0 aromatic heterocycles. The van der Waals surface area contributed by atoms with Crippen LogP contribution in [0.3, 0.4) is 0 Å². The Balaban J connectivity index is 2.58. The molecule has 1 aliphatic heterocycles. The van der Waals surface area contributed by atoms with E-state index in [9.17, 15) is 9.90 Å². The van der Waals surface area contributed by atoms with E-state index in [2.05, 4.69) is 4.99 Å². The van der Waals surface area contributed by atoms with Crippen molar-refractivity contribution in [1.29, 1.82) is 0 Å². The van der Waals surface area contributed by atoms with Crippen molar-refractivity contribution >= 4 is 11.9 Å². The third-order valence-corrected chi connectivity index (χ3v) is 0.613. The highest BCUT2D eigenvalue weighted by atomic mass is 16.3. The lowest BCUT2D eigenvalue weighted by molar-refractivity contribution is -0.220. The summed E-state index contributed by atoms with van der Waals surface area (Å²) in [6, 6.07) is -0.523. The van der Waals surface area contributed by atoms with Crippen molar-refractivity contribution in [3.8, 4) is 0 Å². The van der Waals surface area contributed by atoms with Crippen molar-refractivity contribution in [2.45, 2.75) is 0 Å². The number of aliphatic imine (C=N–C) groups is 1. The van der Waals surface area contributed by atoms with E-state index in [1.54, 1.807) is 0 Å². The van der Waals surface area contributed by atoms with Gasteiger partial charge < -0.3 is 10.4 Å². The molecule has 38 valence electrons. The van der Waals surface area contributed by atoms with E-state index < -0.39 is 6.02 Å². The SMILES string of the molecule is O=C1CN=C([O-])N1. The number of amidine groups is 1. The molecule has 4 heteroatoms. The van der Waals surface area contributed by atoms with Crippen LogP contribution in [0.4, 0.5) is 0 Å². The molecule has 0 spiro atoms. The predicted octanol–water partition coefficient (Wildman–Crippen LogP) is -2.17. The van der Waals surface area contributed by atoms with Gasteiger partial charge in [-0.05, 0) is 0 Å². The number of rotatable bonds is 0. The summed E-state index contributed by atoms with van der Waals surface area (Å²) in [5, 5.41) is 11.9. The molecular formula is C3H3N2O2-. The van der Waals surface area contributed by atoms with Crippen LogP contribution in [0, 0.1) is 0 Å². The van der Waals surface area contributed by atoms with Gasteiger partial charge in [0.15, 0.2) is 0 Å². The molecule has 0 fully saturated rings. The molecular weight excluding hydrogens is 96.0 g/mol. The van der Waals surface area contributed by atoms with E-state index >= 15 is 0 Å². The van der Waals surface area contributed by atoms with Crippen LogP contribution in [0.5, 0.6) is 0 Å². The van der Waals surface area contributed by atoms with Gasteiger partial charge in [-0.3, -0.25) is 9.79 Å². The summed E-state index contributed by atoms with van der Waals surface area (Å²) < 4.78 is 0. The second-order valence-electron chi connectivity index (χ2n) is 1.17. The largest absolute Gasteiger partial charge is 0.846 e. The summed E-state index contributed by atoms with van der Waals surface area (Å²) in [7, 11) is 0. The molecule has 1 aliphatic rings. The van der Waals surface area contributed by atoms with E-state index in [0.29, 0.717) is 0 Å². The van der Waals surface area contributed by atoms with Gasteiger partial charge in [0.1, 0.15) is 6.54 Å². The van der Waals surface area contributed by atoms with Crippen molar-refractivity contribution < 1.29 is 9.90 Å². The van der Waals surface area contributed by atoms with Gasteiger partial charge in [0.05, 0.1) is 6.02 Å². The Morgan fingerprint density at radius 1 is 1.86 bits per heavy atom. The fourth-order valence-corrected chi connectivity index (χ4v) is 0.342. The van der Waals surface area contributed by atoms with E-state index in [4.69, 9.17) is 0 Å². The van der Waals surface area contributed by atoms with Gasteiger partial charge in [-0.25, -0.2) is 0 Å². The third kappa shape index (κ3) is 0.677. The molecule has 1 heterocycles. The topological polar surface area (TPSA) is 64.5 Å². The van der Waals surface area contributed by atoms with Crippen LogP contribution in [-0.2, 0) is 4.79 Å². The van der Waals surface area contributed by atoms with Gasteiger partial charge in [0.25, 0.3) is 0 Å². The van der Waals surface area contributed by atoms with Gasteiger partial charge in [0, 0.05) is 0 Å². The van der Waals surface area contributed by atoms with Gasteiger partial charge in [-0.2, -0.15) is 0 Å². The highest BCUT2D eigenvalue weighted by Gasteiger charge is 2.02. The number of carbonyl (C=O) groups excluding carboxylic acids is 1. The molecule has 0 saturated heterocycles. The molecule has 0 aliphatic carbocycles. The summed E-state index contributed by atoms with van der Waals surface area (Å²) in [4.78, 5) is 13.2. The Hall–Kier alpha value is -1.06. The minimum atomic E-state index is -0.523. The average Bonchev–Trinajstić information content (AvgIpc) is 1.87. The van der Waals surface area contributed by atoms with Crippen molar-refractivity contribution in [2.75, 3.05) is 6.54 Å². The first-order chi connectivity index (χ1) is 3.29. The number of nitrogens with one attached hydrogen (secondary N) is 1. The van der Waals surface area contributed by atoms with Crippen molar-refractivity contribution in [2.24, 2.45) is 4.99 Å². The monoisotopic (exact) mass is 99.0 g/mol. The Labute approximate surface area is 39.9 Å². The van der Waals surface area contributed by atoms with Crippen LogP contribution in [0.15, 0.2) is 4.99 Å². The molecule has 7 heavy (non-hydrogen) atoms. The zero-order valence-electron chi connectivity index (χ0n) is 3.47. The van der Waals surface area contributed by atoms with Crippen molar-refractivity contribution in [3.05, 3.63) is 0 Å². The molecule has 0 atom stereocenters. The lowest BCUT2D eigenvalue weighted by atomic mass is 10.7. The molecule has 0 aromatic carbocycles. The lowest BCUT2D eigenvalue weighted by Gasteiger charge is -1.99. The first-order valence-corrected chi connectivity index (χ1v) is 1.80. The Bertz CT molecular complexity index is 129. The first kappa shape index (κ1) is 4.11. The number of hydrogen-bond acceptors (Lipinski definition) is 3. The highest BCUT2D eigenvalue weighted by molar-refractivity contribution is 5.98. The van der Waals surface area contributed by atoms with E-state index in [1.807, 2.05) is 5.32 Å². The maximum Gasteiger partial charge on any atom is 0.246 e. The maximum absolute atomic E-state index is 10.0. The molecule has 0 saturated carbocycles. The lowest BCUT2D eigenvalue weighted by Crippen LogP contribution is -2.33. The number of amides is 1. The Morgan fingerprint density at radius 3 is 2.71 bits per heavy atom. The number of nitrogens with zero attached hydrogens (tertiary/aromatic N) is 1. The normalized spacial score (nSPS) is 18.9. The summed E-state index contributed by atoms with van der Waals surface area (Å²) in [5.41, 5.74) is 0. The fraction of sp³-hybridized carbons (Fsp3) is 0.333. The molecule has 4 nitrogen and oxygen atoms in total. The quantitative estimate of drug-likeness (QED) is 0.375. The minimum Gasteiger partial charge on any atom is -0.846 e. The molecule has 1 N–H and O–H groups in total. The van der Waals surface area contributed by atoms with Crippen LogP contribution in [-0.4, -0.2) is 18.5 Å². The number of hydrogen-bond donors (Lipinski definition) is 1. The van der Waals surface area contributed by atoms with Gasteiger partial charge in [0.2, 0.25) is 5.91 Å². The molecule has 0 radical (unpaired) electrons. The summed E-state index contributed by atoms with van der Waals surface area (Å²) >= 11 is 0. The minimum absolute atomic E-state index is 0.00116. The van der Waals surface area contributed by atoms with Gasteiger partial charge in [-0.1, -0.05) is 0 Å². The molecule has 0 unspecified atom stereocenters. The van der Waals surface area contributed by atoms with Crippen molar-refractivity contribution in [3.63, 3.8) is 0 Å². The van der Waals surface area contributed by atoms with Crippen LogP contribution < -0.4 is 10.4 Å². The Kier molecular flexibility index (Phi) is 0.714. The molecule has 0 aromatic rings. The van der Waals surface area contributed by atoms with E-state index in [0.717, 1.165) is 0 Å². The molecule has 0 bridgehead atoms. The van der Waals surface area contributed by atoms with Crippen LogP contribution in [0.2, 0.25) is 0 Å². The zero-order chi connectivity index (χ0) is 5.28. The van der Waals surface area contributed by atoms with E-state index in [1.165, 1.54) is 0 Å². The second-order valence-corrected chi connectivity index (χ2v) is 1.17. The second kappa shape index (κ2) is 1.22. The van der Waals surface area contributed by atoms with Gasteiger partial charge in [-0.15, -0.1) is 0 Å². The zero-order valence-corrected chi connectivity index (χ0v) is 3.47. The smallest absolute Gasteiger partial charge is 0.246 e. The standard InChI is InChI=1S/C3H4N2O2/c6-2-1-4-3(7)5-2/h1H2,(H2,4,5,6,7)/p-1. The predicted molar refractivity (Wildman–Crippen MR) is 20.4 cm³/mol. The van der Waals surface area contributed by atoms with Crippen LogP contribution >= 0.6 is 0 Å². The molecule has 1 rings (SSSR count). The van der Waals surface area contributed by atoms with E-state index in [-0.39, 0.29) is 12.5 Å². The number of carbonyl (C=O) groups is 1. The molecule has 1 amide bonds. The summed E-state index contributed by atoms with van der Waals surface area (Å²) in [6.07, 6.45) is 0. The van der Waals surface area contributed by atoms with Crippen molar-refractivity contribution in [1.82, 2.24) is 5.32 Å².